The minimum absolute atomic E-state index is 0.0988. The van der Waals surface area contributed by atoms with Gasteiger partial charge in [-0.3, -0.25) is 4.79 Å². The largest absolute Gasteiger partial charge is 0.478 e. The summed E-state index contributed by atoms with van der Waals surface area (Å²) in [4.78, 5) is 27.6. The minimum Gasteiger partial charge on any atom is -0.478 e. The van der Waals surface area contributed by atoms with E-state index in [2.05, 4.69) is 12.2 Å². The average molecular weight is 603 g/mol. The highest BCUT2D eigenvalue weighted by Crippen LogP contribution is 2.42. The number of nitrogens with one attached hydrogen (secondary N) is 1. The van der Waals surface area contributed by atoms with E-state index in [1.807, 2.05) is 74.1 Å². The summed E-state index contributed by atoms with van der Waals surface area (Å²) in [6.45, 7) is 4.58. The molecule has 44 heavy (non-hydrogen) atoms. The van der Waals surface area contributed by atoms with Crippen molar-refractivity contribution in [1.82, 2.24) is 9.89 Å². The Balaban J connectivity index is 1.61. The van der Waals surface area contributed by atoms with Crippen molar-refractivity contribution in [2.45, 2.75) is 32.6 Å². The fourth-order valence-electron chi connectivity index (χ4n) is 5.08. The van der Waals surface area contributed by atoms with Crippen LogP contribution in [-0.4, -0.2) is 78.1 Å². The molecular weight excluding hydrogens is 558 g/mol. The lowest BCUT2D eigenvalue weighted by atomic mass is 9.89. The topological polar surface area (TPSA) is 104 Å². The molecule has 2 aliphatic rings. The van der Waals surface area contributed by atoms with Gasteiger partial charge in [0.25, 0.3) is 5.91 Å². The van der Waals surface area contributed by atoms with E-state index in [1.54, 1.807) is 12.1 Å². The third-order valence-corrected chi connectivity index (χ3v) is 7.55. The highest BCUT2D eigenvalue weighted by molar-refractivity contribution is 6.09. The van der Waals surface area contributed by atoms with E-state index >= 15 is 0 Å². The number of hydrogen-bond acceptors (Lipinski definition) is 6. The van der Waals surface area contributed by atoms with Crippen molar-refractivity contribution in [2.24, 2.45) is 0 Å². The molecular formula is C35H44N3O6+. The third kappa shape index (κ3) is 8.03. The molecule has 9 heteroatoms. The summed E-state index contributed by atoms with van der Waals surface area (Å²) in [5, 5.41) is 14.8. The molecule has 0 aromatic heterocycles. The maximum Gasteiger partial charge on any atom is 0.336 e. The van der Waals surface area contributed by atoms with E-state index in [1.165, 1.54) is 25.3 Å². The Morgan fingerprint density at radius 2 is 1.66 bits per heavy atom. The first-order chi connectivity index (χ1) is 21.2. The molecule has 1 aliphatic heterocycles. The van der Waals surface area contributed by atoms with Crippen LogP contribution >= 0.6 is 0 Å². The molecule has 9 nitrogen and oxygen atoms in total. The van der Waals surface area contributed by atoms with E-state index in [4.69, 9.17) is 13.9 Å². The molecule has 4 rings (SSSR count). The Labute approximate surface area is 259 Å². The van der Waals surface area contributed by atoms with Crippen molar-refractivity contribution < 1.29 is 28.6 Å². The van der Waals surface area contributed by atoms with Crippen LogP contribution in [0.1, 0.15) is 53.3 Å². The fourth-order valence-corrected chi connectivity index (χ4v) is 5.08. The number of fused-ring (bicyclic) bond motifs is 2. The van der Waals surface area contributed by atoms with Crippen LogP contribution in [0.2, 0.25) is 0 Å². The Hall–Kier alpha value is -4.21. The number of hydrogen-bond donors (Lipinski definition) is 2. The van der Waals surface area contributed by atoms with Crippen LogP contribution in [0, 0.1) is 0 Å². The predicted molar refractivity (Wildman–Crippen MR) is 175 cm³/mol. The molecule has 1 heterocycles. The van der Waals surface area contributed by atoms with E-state index in [-0.39, 0.29) is 11.5 Å². The van der Waals surface area contributed by atoms with Gasteiger partial charge in [0.1, 0.15) is 25.4 Å². The third-order valence-electron chi connectivity index (χ3n) is 7.55. The molecule has 0 saturated heterocycles. The molecule has 0 atom stereocenters. The molecule has 2 N–H and O–H groups in total. The van der Waals surface area contributed by atoms with Crippen LogP contribution in [0.25, 0.3) is 33.4 Å². The maximum absolute atomic E-state index is 13.2. The second-order valence-electron chi connectivity index (χ2n) is 11.2. The molecule has 1 aliphatic carbocycles. The van der Waals surface area contributed by atoms with Crippen LogP contribution in [0.5, 0.6) is 0 Å². The number of unbranched alkanes of at least 4 members (excludes halogenated alkanes) is 3. The minimum atomic E-state index is -1.08. The zero-order valence-corrected chi connectivity index (χ0v) is 26.4. The number of anilines is 1. The van der Waals surface area contributed by atoms with Crippen molar-refractivity contribution in [2.75, 3.05) is 66.1 Å². The van der Waals surface area contributed by atoms with Crippen molar-refractivity contribution in [3.63, 3.8) is 0 Å². The molecule has 0 fully saturated rings. The summed E-state index contributed by atoms with van der Waals surface area (Å²) in [5.74, 6) is -0.772. The number of rotatable bonds is 15. The van der Waals surface area contributed by atoms with Gasteiger partial charge >= 0.3 is 5.97 Å². The molecule has 0 radical (unpaired) electrons. The molecule has 0 bridgehead atoms. The first kappa shape index (κ1) is 32.7. The normalized spacial score (nSPS) is 11.2. The SMILES string of the molecule is CCCCCCOCCOCCNC(=O)c1ccc(C(=O)O)c(-c2c3ccc(=[N+](C)C)cc-3oc3cc(N(C)C)ccc23)c1. The van der Waals surface area contributed by atoms with Crippen LogP contribution in [0.15, 0.2) is 59.0 Å². The van der Waals surface area contributed by atoms with Gasteiger partial charge in [0.15, 0.2) is 0 Å². The second kappa shape index (κ2) is 15.5. The van der Waals surface area contributed by atoms with Gasteiger partial charge in [-0.2, -0.15) is 0 Å². The number of amides is 1. The van der Waals surface area contributed by atoms with Crippen molar-refractivity contribution >= 4 is 28.5 Å². The highest BCUT2D eigenvalue weighted by Gasteiger charge is 2.23. The van der Waals surface area contributed by atoms with Gasteiger partial charge in [0, 0.05) is 67.1 Å². The van der Waals surface area contributed by atoms with Gasteiger partial charge in [-0.15, -0.1) is 0 Å². The van der Waals surface area contributed by atoms with Gasteiger partial charge in [-0.1, -0.05) is 26.2 Å². The summed E-state index contributed by atoms with van der Waals surface area (Å²) >= 11 is 0. The van der Waals surface area contributed by atoms with Crippen LogP contribution in [0.4, 0.5) is 5.69 Å². The fraction of sp³-hybridized carbons (Fsp3) is 0.400. The Morgan fingerprint density at radius 1 is 0.886 bits per heavy atom. The maximum atomic E-state index is 13.2. The lowest BCUT2D eigenvalue weighted by Crippen LogP contribution is -2.27. The number of ether oxygens (including phenoxy) is 2. The summed E-state index contributed by atoms with van der Waals surface area (Å²) < 4.78 is 19.6. The monoisotopic (exact) mass is 602 g/mol. The van der Waals surface area contributed by atoms with Gasteiger partial charge in [0.05, 0.1) is 31.5 Å². The Bertz CT molecular complexity index is 1640. The van der Waals surface area contributed by atoms with Gasteiger partial charge in [-0.05, 0) is 48.4 Å². The predicted octanol–water partition coefficient (Wildman–Crippen LogP) is 5.34. The summed E-state index contributed by atoms with van der Waals surface area (Å²) in [5.41, 5.74) is 3.91. The van der Waals surface area contributed by atoms with E-state index < -0.39 is 5.97 Å². The number of nitrogens with zero attached hydrogens (tertiary/aromatic N) is 2. The van der Waals surface area contributed by atoms with E-state index in [0.717, 1.165) is 35.0 Å². The van der Waals surface area contributed by atoms with Crippen molar-refractivity contribution in [3.8, 4) is 22.5 Å². The van der Waals surface area contributed by atoms with Gasteiger partial charge < -0.3 is 29.2 Å². The number of carboxylic acid groups (broad SMARTS) is 1. The van der Waals surface area contributed by atoms with Crippen molar-refractivity contribution in [3.05, 3.63) is 71.1 Å². The average Bonchev–Trinajstić information content (AvgIpc) is 3.01. The lowest BCUT2D eigenvalue weighted by Gasteiger charge is -2.19. The molecule has 2 aromatic rings. The first-order valence-corrected chi connectivity index (χ1v) is 15.2. The summed E-state index contributed by atoms with van der Waals surface area (Å²) in [6.07, 6.45) is 4.67. The van der Waals surface area contributed by atoms with Crippen LogP contribution in [-0.2, 0) is 9.47 Å². The Kier molecular flexibility index (Phi) is 11.5. The molecule has 1 amide bonds. The number of benzene rings is 3. The number of carbonyl (C=O) groups is 2. The second-order valence-corrected chi connectivity index (χ2v) is 11.2. The van der Waals surface area contributed by atoms with Crippen molar-refractivity contribution in [1.29, 1.82) is 0 Å². The summed E-state index contributed by atoms with van der Waals surface area (Å²) in [7, 11) is 7.80. The highest BCUT2D eigenvalue weighted by atomic mass is 16.5. The van der Waals surface area contributed by atoms with E-state index in [9.17, 15) is 14.7 Å². The van der Waals surface area contributed by atoms with Crippen LogP contribution < -0.4 is 20.1 Å². The number of aromatic carboxylic acids is 1. The van der Waals surface area contributed by atoms with E-state index in [0.29, 0.717) is 54.4 Å². The molecule has 234 valence electrons. The number of carboxylic acids is 1. The van der Waals surface area contributed by atoms with Gasteiger partial charge in [-0.25, -0.2) is 9.37 Å². The van der Waals surface area contributed by atoms with Gasteiger partial charge in [0.2, 0.25) is 5.36 Å². The quantitative estimate of drug-likeness (QED) is 0.108. The lowest BCUT2D eigenvalue weighted by molar-refractivity contribution is 0.0468. The zero-order valence-electron chi connectivity index (χ0n) is 26.4. The molecule has 2 aromatic carbocycles. The molecule has 0 spiro atoms. The number of carbonyl (C=O) groups excluding carboxylic acids is 1. The smallest absolute Gasteiger partial charge is 0.336 e. The Morgan fingerprint density at radius 3 is 2.36 bits per heavy atom. The van der Waals surface area contributed by atoms with Crippen LogP contribution in [0.3, 0.4) is 0 Å². The summed E-state index contributed by atoms with van der Waals surface area (Å²) in [6, 6.07) is 16.4. The first-order valence-electron chi connectivity index (χ1n) is 15.2. The standard InChI is InChI=1S/C35H43N3O6/c1-6-7-8-9-17-42-19-20-43-18-16-36-34(39)24-10-13-27(35(40)41)30(21-24)33-28-14-11-25(37(2)3)22-31(28)44-32-23-26(38(4)5)12-15-29(32)33/h10-15,21-23H,6-9,16-20H2,1-5H3,(H-,36,39,40,41)/p+1. The molecule has 0 unspecified atom stereocenters. The zero-order chi connectivity index (χ0) is 31.6. The molecule has 0 saturated carbocycles.